The Kier molecular flexibility index (Phi) is 5.73. The molecule has 0 atom stereocenters. The smallest absolute Gasteiger partial charge is 0.239 e. The summed E-state index contributed by atoms with van der Waals surface area (Å²) in [4.78, 5) is 2.46. The van der Waals surface area contributed by atoms with Gasteiger partial charge in [0, 0.05) is 39.1 Å². The zero-order chi connectivity index (χ0) is 13.5. The summed E-state index contributed by atoms with van der Waals surface area (Å²) in [5.41, 5.74) is 2.30. The highest BCUT2D eigenvalue weighted by molar-refractivity contribution is 5.23. The van der Waals surface area contributed by atoms with Gasteiger partial charge in [-0.3, -0.25) is 0 Å². The third-order valence-corrected chi connectivity index (χ3v) is 3.60. The molecule has 0 saturated carbocycles. The maximum Gasteiger partial charge on any atom is 0.239 e. The second kappa shape index (κ2) is 7.56. The first-order valence-corrected chi connectivity index (χ1v) is 7.03. The van der Waals surface area contributed by atoms with Gasteiger partial charge in [0.1, 0.15) is 0 Å². The first kappa shape index (κ1) is 14.4. The predicted octanol–water partition coefficient (Wildman–Crippen LogP) is 2.33. The summed E-state index contributed by atoms with van der Waals surface area (Å²) in [5.74, 6) is 0. The van der Waals surface area contributed by atoms with Gasteiger partial charge in [0.25, 0.3) is 0 Å². The molecule has 0 spiro atoms. The fourth-order valence-electron chi connectivity index (χ4n) is 2.37. The SMILES string of the molecule is FC(F)CCc1ccc(CCN2CCNCC2)cc1. The maximum absolute atomic E-state index is 12.1. The number of nitrogens with zero attached hydrogens (tertiary/aromatic N) is 1. The topological polar surface area (TPSA) is 15.3 Å². The molecule has 0 unspecified atom stereocenters. The number of benzene rings is 1. The minimum atomic E-state index is -2.20. The average molecular weight is 268 g/mol. The van der Waals surface area contributed by atoms with Gasteiger partial charge in [0.15, 0.2) is 0 Å². The number of rotatable bonds is 6. The van der Waals surface area contributed by atoms with Gasteiger partial charge in [-0.1, -0.05) is 24.3 Å². The van der Waals surface area contributed by atoms with Crippen molar-refractivity contribution in [1.29, 1.82) is 0 Å². The lowest BCUT2D eigenvalue weighted by atomic mass is 10.1. The van der Waals surface area contributed by atoms with Crippen LogP contribution in [0, 0.1) is 0 Å². The second-order valence-corrected chi connectivity index (χ2v) is 5.09. The zero-order valence-electron chi connectivity index (χ0n) is 11.2. The van der Waals surface area contributed by atoms with Crippen LogP contribution in [0.2, 0.25) is 0 Å². The van der Waals surface area contributed by atoms with Crippen LogP contribution in [0.25, 0.3) is 0 Å². The Balaban J connectivity index is 1.74. The zero-order valence-corrected chi connectivity index (χ0v) is 11.2. The van der Waals surface area contributed by atoms with Crippen LogP contribution in [0.3, 0.4) is 0 Å². The van der Waals surface area contributed by atoms with Crippen molar-refractivity contribution in [2.24, 2.45) is 0 Å². The molecule has 1 aromatic rings. The lowest BCUT2D eigenvalue weighted by molar-refractivity contribution is 0.138. The van der Waals surface area contributed by atoms with E-state index in [1.165, 1.54) is 5.56 Å². The Labute approximate surface area is 113 Å². The summed E-state index contributed by atoms with van der Waals surface area (Å²) in [6.45, 7) is 5.47. The number of nitrogens with one attached hydrogen (secondary N) is 1. The van der Waals surface area contributed by atoms with Crippen molar-refractivity contribution in [1.82, 2.24) is 10.2 Å². The van der Waals surface area contributed by atoms with Crippen LogP contribution in [0.15, 0.2) is 24.3 Å². The normalized spacial score (nSPS) is 17.0. The van der Waals surface area contributed by atoms with Crippen molar-refractivity contribution in [3.8, 4) is 0 Å². The van der Waals surface area contributed by atoms with Crippen LogP contribution in [0.4, 0.5) is 8.78 Å². The molecule has 1 aromatic carbocycles. The van der Waals surface area contributed by atoms with Crippen LogP contribution in [0.1, 0.15) is 17.5 Å². The van der Waals surface area contributed by atoms with Crippen LogP contribution in [-0.4, -0.2) is 44.0 Å². The Morgan fingerprint density at radius 3 is 2.16 bits per heavy atom. The molecule has 1 fully saturated rings. The summed E-state index contributed by atoms with van der Waals surface area (Å²) < 4.78 is 24.2. The number of aryl methyl sites for hydroxylation is 1. The van der Waals surface area contributed by atoms with E-state index in [1.54, 1.807) is 0 Å². The van der Waals surface area contributed by atoms with E-state index in [1.807, 2.05) is 12.1 Å². The van der Waals surface area contributed by atoms with Crippen molar-refractivity contribution in [3.05, 3.63) is 35.4 Å². The van der Waals surface area contributed by atoms with E-state index in [9.17, 15) is 8.78 Å². The van der Waals surface area contributed by atoms with E-state index in [0.29, 0.717) is 6.42 Å². The molecular weight excluding hydrogens is 246 g/mol. The molecular formula is C15H22F2N2. The molecule has 0 bridgehead atoms. The van der Waals surface area contributed by atoms with E-state index < -0.39 is 6.43 Å². The molecule has 1 N–H and O–H groups in total. The van der Waals surface area contributed by atoms with Crippen molar-refractivity contribution in [2.45, 2.75) is 25.7 Å². The highest BCUT2D eigenvalue weighted by atomic mass is 19.3. The van der Waals surface area contributed by atoms with Gasteiger partial charge in [0.2, 0.25) is 6.43 Å². The Morgan fingerprint density at radius 1 is 1.00 bits per heavy atom. The van der Waals surface area contributed by atoms with Crippen molar-refractivity contribution in [3.63, 3.8) is 0 Å². The monoisotopic (exact) mass is 268 g/mol. The molecule has 106 valence electrons. The van der Waals surface area contributed by atoms with E-state index in [-0.39, 0.29) is 6.42 Å². The number of halogens is 2. The lowest BCUT2D eigenvalue weighted by Gasteiger charge is -2.27. The molecule has 19 heavy (non-hydrogen) atoms. The standard InChI is InChI=1S/C15H22F2N2/c16-15(17)6-5-13-1-3-14(4-2-13)7-10-19-11-8-18-9-12-19/h1-4,15,18H,5-12H2. The van der Waals surface area contributed by atoms with E-state index in [0.717, 1.165) is 44.7 Å². The second-order valence-electron chi connectivity index (χ2n) is 5.09. The summed E-state index contributed by atoms with van der Waals surface area (Å²) in [5, 5.41) is 3.34. The van der Waals surface area contributed by atoms with E-state index in [4.69, 9.17) is 0 Å². The first-order valence-electron chi connectivity index (χ1n) is 7.03. The molecule has 1 saturated heterocycles. The van der Waals surface area contributed by atoms with E-state index in [2.05, 4.69) is 22.3 Å². The molecule has 0 radical (unpaired) electrons. The van der Waals surface area contributed by atoms with Gasteiger partial charge in [-0.2, -0.15) is 0 Å². The average Bonchev–Trinajstić information content (AvgIpc) is 2.45. The first-order chi connectivity index (χ1) is 9.24. The van der Waals surface area contributed by atoms with Crippen LogP contribution < -0.4 is 5.32 Å². The summed E-state index contributed by atoms with van der Waals surface area (Å²) in [6.07, 6.45) is -0.738. The maximum atomic E-state index is 12.1. The Morgan fingerprint density at radius 2 is 1.58 bits per heavy atom. The summed E-state index contributed by atoms with van der Waals surface area (Å²) in [7, 11) is 0. The minimum absolute atomic E-state index is 0.0415. The number of hydrogen-bond donors (Lipinski definition) is 1. The highest BCUT2D eigenvalue weighted by Crippen LogP contribution is 2.11. The van der Waals surface area contributed by atoms with Gasteiger partial charge in [-0.25, -0.2) is 8.78 Å². The van der Waals surface area contributed by atoms with Gasteiger partial charge in [0.05, 0.1) is 0 Å². The van der Waals surface area contributed by atoms with Crippen molar-refractivity contribution < 1.29 is 8.78 Å². The fourth-order valence-corrected chi connectivity index (χ4v) is 2.37. The quantitative estimate of drug-likeness (QED) is 0.852. The minimum Gasteiger partial charge on any atom is -0.314 e. The molecule has 0 aliphatic carbocycles. The molecule has 0 amide bonds. The summed E-state index contributed by atoms with van der Waals surface area (Å²) >= 11 is 0. The molecule has 2 nitrogen and oxygen atoms in total. The van der Waals surface area contributed by atoms with Crippen molar-refractivity contribution >= 4 is 0 Å². The third kappa shape index (κ3) is 5.25. The molecule has 2 rings (SSSR count). The molecule has 1 aliphatic heterocycles. The Bertz CT molecular complexity index is 359. The highest BCUT2D eigenvalue weighted by Gasteiger charge is 2.09. The summed E-state index contributed by atoms with van der Waals surface area (Å²) in [6, 6.07) is 8.11. The van der Waals surface area contributed by atoms with Gasteiger partial charge in [-0.05, 0) is 24.0 Å². The third-order valence-electron chi connectivity index (χ3n) is 3.60. The molecule has 4 heteroatoms. The predicted molar refractivity (Wildman–Crippen MR) is 73.8 cm³/mol. The molecule has 1 heterocycles. The fraction of sp³-hybridized carbons (Fsp3) is 0.600. The lowest BCUT2D eigenvalue weighted by Crippen LogP contribution is -2.44. The molecule has 1 aliphatic rings. The van der Waals surface area contributed by atoms with Gasteiger partial charge >= 0.3 is 0 Å². The molecule has 0 aromatic heterocycles. The van der Waals surface area contributed by atoms with Crippen molar-refractivity contribution in [2.75, 3.05) is 32.7 Å². The largest absolute Gasteiger partial charge is 0.314 e. The van der Waals surface area contributed by atoms with Gasteiger partial charge < -0.3 is 10.2 Å². The number of alkyl halides is 2. The van der Waals surface area contributed by atoms with Crippen LogP contribution in [0.5, 0.6) is 0 Å². The van der Waals surface area contributed by atoms with Gasteiger partial charge in [-0.15, -0.1) is 0 Å². The van der Waals surface area contributed by atoms with Crippen LogP contribution >= 0.6 is 0 Å². The number of hydrogen-bond acceptors (Lipinski definition) is 2. The number of piperazine rings is 1. The van der Waals surface area contributed by atoms with Crippen LogP contribution in [-0.2, 0) is 12.8 Å². The Hall–Kier alpha value is -1.00. The van der Waals surface area contributed by atoms with E-state index >= 15 is 0 Å².